The lowest BCUT2D eigenvalue weighted by Crippen LogP contribution is -2.14. The summed E-state index contributed by atoms with van der Waals surface area (Å²) in [5, 5.41) is 0. The van der Waals surface area contributed by atoms with E-state index in [4.69, 9.17) is 10.5 Å². The Morgan fingerprint density at radius 2 is 2.12 bits per heavy atom. The maximum Gasteiger partial charge on any atom is 0.168 e. The van der Waals surface area contributed by atoms with Crippen molar-refractivity contribution < 1.29 is 9.53 Å². The van der Waals surface area contributed by atoms with Crippen molar-refractivity contribution in [1.29, 1.82) is 0 Å². The molecule has 1 atom stereocenters. The van der Waals surface area contributed by atoms with Crippen LogP contribution in [0.15, 0.2) is 24.3 Å². The second-order valence-electron chi connectivity index (χ2n) is 4.16. The van der Waals surface area contributed by atoms with Crippen molar-refractivity contribution >= 4 is 5.78 Å². The maximum absolute atomic E-state index is 12.0. The average molecular weight is 219 g/mol. The molecule has 1 aliphatic rings. The predicted octanol–water partition coefficient (Wildman–Crippen LogP) is 1.41. The molecule has 3 heteroatoms. The molecule has 2 N–H and O–H groups in total. The van der Waals surface area contributed by atoms with Crippen molar-refractivity contribution in [1.82, 2.24) is 0 Å². The van der Waals surface area contributed by atoms with E-state index in [0.717, 1.165) is 18.4 Å². The molecule has 1 unspecified atom stereocenters. The highest BCUT2D eigenvalue weighted by Gasteiger charge is 2.24. The molecule has 1 aliphatic heterocycles. The number of ketones is 1. The van der Waals surface area contributed by atoms with Crippen molar-refractivity contribution in [3.8, 4) is 0 Å². The molecule has 1 aromatic rings. The second-order valence-corrected chi connectivity index (χ2v) is 4.16. The van der Waals surface area contributed by atoms with Crippen LogP contribution >= 0.6 is 0 Å². The van der Waals surface area contributed by atoms with Gasteiger partial charge in [0, 0.05) is 18.1 Å². The number of nitrogens with two attached hydrogens (primary N) is 1. The first-order valence-corrected chi connectivity index (χ1v) is 5.72. The molecule has 0 bridgehead atoms. The lowest BCUT2D eigenvalue weighted by molar-refractivity contribution is 0.0900. The van der Waals surface area contributed by atoms with Crippen LogP contribution in [0.4, 0.5) is 0 Å². The topological polar surface area (TPSA) is 52.3 Å². The molecule has 1 fully saturated rings. The summed E-state index contributed by atoms with van der Waals surface area (Å²) >= 11 is 0. The summed E-state index contributed by atoms with van der Waals surface area (Å²) < 4.78 is 5.22. The van der Waals surface area contributed by atoms with E-state index in [1.165, 1.54) is 5.56 Å². The van der Waals surface area contributed by atoms with Crippen molar-refractivity contribution in [3.63, 3.8) is 0 Å². The average Bonchev–Trinajstić information content (AvgIpc) is 2.83. The Morgan fingerprint density at radius 1 is 1.38 bits per heavy atom. The van der Waals surface area contributed by atoms with Gasteiger partial charge in [-0.25, -0.2) is 0 Å². The molecule has 0 amide bonds. The quantitative estimate of drug-likeness (QED) is 0.779. The van der Waals surface area contributed by atoms with Gasteiger partial charge in [-0.1, -0.05) is 24.3 Å². The molecular formula is C13H17NO2. The number of carbonyl (C=O) groups excluding carboxylic acids is 1. The number of carbonyl (C=O) groups is 1. The van der Waals surface area contributed by atoms with Crippen molar-refractivity contribution in [3.05, 3.63) is 35.4 Å². The van der Waals surface area contributed by atoms with Crippen LogP contribution in [0.1, 0.15) is 22.3 Å². The molecule has 0 spiro atoms. The van der Waals surface area contributed by atoms with Crippen LogP contribution in [0.3, 0.4) is 0 Å². The molecule has 0 radical (unpaired) electrons. The third-order valence-corrected chi connectivity index (χ3v) is 2.97. The highest BCUT2D eigenvalue weighted by Crippen LogP contribution is 2.18. The van der Waals surface area contributed by atoms with Gasteiger partial charge in [-0.15, -0.1) is 0 Å². The summed E-state index contributed by atoms with van der Waals surface area (Å²) in [5.41, 5.74) is 7.44. The lowest BCUT2D eigenvalue weighted by Gasteiger charge is -2.07. The Bertz CT molecular complexity index is 353. The molecule has 1 saturated heterocycles. The third kappa shape index (κ3) is 2.49. The smallest absolute Gasteiger partial charge is 0.168 e. The highest BCUT2D eigenvalue weighted by molar-refractivity contribution is 5.98. The van der Waals surface area contributed by atoms with Crippen molar-refractivity contribution in [2.75, 3.05) is 19.8 Å². The molecule has 0 saturated carbocycles. The minimum atomic E-state index is 0.0559. The molecule has 86 valence electrons. The van der Waals surface area contributed by atoms with Crippen LogP contribution in [0, 0.1) is 5.92 Å². The van der Waals surface area contributed by atoms with Gasteiger partial charge < -0.3 is 10.5 Å². The van der Waals surface area contributed by atoms with Crippen molar-refractivity contribution in [2.45, 2.75) is 12.8 Å². The van der Waals surface area contributed by atoms with Crippen LogP contribution in [-0.4, -0.2) is 25.5 Å². The largest absolute Gasteiger partial charge is 0.381 e. The van der Waals surface area contributed by atoms with Crippen LogP contribution in [0.2, 0.25) is 0 Å². The molecule has 1 aromatic carbocycles. The Morgan fingerprint density at radius 3 is 2.69 bits per heavy atom. The van der Waals surface area contributed by atoms with Gasteiger partial charge in [0.1, 0.15) is 0 Å². The van der Waals surface area contributed by atoms with E-state index < -0.39 is 0 Å². The maximum atomic E-state index is 12.0. The van der Waals surface area contributed by atoms with Gasteiger partial charge in [0.05, 0.1) is 6.61 Å². The minimum Gasteiger partial charge on any atom is -0.381 e. The lowest BCUT2D eigenvalue weighted by atomic mass is 9.96. The molecule has 2 rings (SSSR count). The fourth-order valence-electron chi connectivity index (χ4n) is 1.98. The standard InChI is InChI=1S/C13H17NO2/c14-7-5-10-1-3-11(4-2-10)13(15)12-6-8-16-9-12/h1-4,12H,5-9,14H2. The number of hydrogen-bond donors (Lipinski definition) is 1. The number of benzene rings is 1. The Labute approximate surface area is 95.6 Å². The van der Waals surface area contributed by atoms with Gasteiger partial charge in [-0.2, -0.15) is 0 Å². The van der Waals surface area contributed by atoms with Gasteiger partial charge in [-0.05, 0) is 24.9 Å². The number of hydrogen-bond acceptors (Lipinski definition) is 3. The van der Waals surface area contributed by atoms with E-state index in [-0.39, 0.29) is 11.7 Å². The van der Waals surface area contributed by atoms with Crippen LogP contribution in [0.25, 0.3) is 0 Å². The molecular weight excluding hydrogens is 202 g/mol. The Hall–Kier alpha value is -1.19. The summed E-state index contributed by atoms with van der Waals surface area (Å²) in [6, 6.07) is 7.75. The van der Waals surface area contributed by atoms with Gasteiger partial charge >= 0.3 is 0 Å². The Kier molecular flexibility index (Phi) is 3.70. The van der Waals surface area contributed by atoms with E-state index in [2.05, 4.69) is 0 Å². The van der Waals surface area contributed by atoms with E-state index in [9.17, 15) is 4.79 Å². The predicted molar refractivity (Wildman–Crippen MR) is 62.5 cm³/mol. The van der Waals surface area contributed by atoms with E-state index in [1.807, 2.05) is 24.3 Å². The van der Waals surface area contributed by atoms with Gasteiger partial charge in [0.15, 0.2) is 5.78 Å². The summed E-state index contributed by atoms with van der Waals surface area (Å²) in [4.78, 5) is 12.0. The van der Waals surface area contributed by atoms with Crippen LogP contribution < -0.4 is 5.73 Å². The first-order valence-electron chi connectivity index (χ1n) is 5.72. The van der Waals surface area contributed by atoms with Crippen LogP contribution in [0.5, 0.6) is 0 Å². The normalized spacial score (nSPS) is 19.9. The zero-order chi connectivity index (χ0) is 11.4. The summed E-state index contributed by atoms with van der Waals surface area (Å²) in [6.45, 7) is 1.93. The summed E-state index contributed by atoms with van der Waals surface area (Å²) in [6.07, 6.45) is 1.71. The monoisotopic (exact) mass is 219 g/mol. The molecule has 3 nitrogen and oxygen atoms in total. The van der Waals surface area contributed by atoms with E-state index in [1.54, 1.807) is 0 Å². The zero-order valence-electron chi connectivity index (χ0n) is 9.32. The van der Waals surface area contributed by atoms with Gasteiger partial charge in [0.25, 0.3) is 0 Å². The molecule has 0 aliphatic carbocycles. The number of Topliss-reactive ketones (excluding diaryl/α,β-unsaturated/α-hetero) is 1. The first-order chi connectivity index (χ1) is 7.81. The zero-order valence-corrected chi connectivity index (χ0v) is 9.32. The minimum absolute atomic E-state index is 0.0559. The van der Waals surface area contributed by atoms with E-state index in [0.29, 0.717) is 19.8 Å². The molecule has 0 aromatic heterocycles. The second kappa shape index (κ2) is 5.23. The number of ether oxygens (including phenoxy) is 1. The SMILES string of the molecule is NCCc1ccc(C(=O)C2CCOC2)cc1. The van der Waals surface area contributed by atoms with Gasteiger partial charge in [-0.3, -0.25) is 4.79 Å². The van der Waals surface area contributed by atoms with Crippen molar-refractivity contribution in [2.24, 2.45) is 11.7 Å². The van der Waals surface area contributed by atoms with E-state index >= 15 is 0 Å². The third-order valence-electron chi connectivity index (χ3n) is 2.97. The molecule has 16 heavy (non-hydrogen) atoms. The fourth-order valence-corrected chi connectivity index (χ4v) is 1.98. The van der Waals surface area contributed by atoms with Gasteiger partial charge in [0.2, 0.25) is 0 Å². The summed E-state index contributed by atoms with van der Waals surface area (Å²) in [7, 11) is 0. The summed E-state index contributed by atoms with van der Waals surface area (Å²) in [5.74, 6) is 0.261. The molecule has 1 heterocycles. The number of rotatable bonds is 4. The van der Waals surface area contributed by atoms with Crippen LogP contribution in [-0.2, 0) is 11.2 Å². The fraction of sp³-hybridized carbons (Fsp3) is 0.462. The Balaban J connectivity index is 2.05. The highest BCUT2D eigenvalue weighted by atomic mass is 16.5. The first kappa shape index (κ1) is 11.3.